The van der Waals surface area contributed by atoms with E-state index in [9.17, 15) is 28.1 Å². The summed E-state index contributed by atoms with van der Waals surface area (Å²) in [6, 6.07) is 9.03. The molecule has 2 aromatic rings. The smallest absolute Gasteiger partial charge is 0.338 e. The van der Waals surface area contributed by atoms with Gasteiger partial charge in [-0.25, -0.2) is 13.2 Å². The minimum absolute atomic E-state index is 0.0101. The van der Waals surface area contributed by atoms with Gasteiger partial charge in [0.25, 0.3) is 15.7 Å². The molecule has 0 aromatic heterocycles. The Morgan fingerprint density at radius 3 is 2.40 bits per heavy atom. The van der Waals surface area contributed by atoms with Gasteiger partial charge >= 0.3 is 11.9 Å². The highest BCUT2D eigenvalue weighted by atomic mass is 32.2. The van der Waals surface area contributed by atoms with E-state index in [1.54, 1.807) is 6.92 Å². The monoisotopic (exact) mass is 436 g/mol. The second-order valence-corrected chi connectivity index (χ2v) is 7.81. The van der Waals surface area contributed by atoms with Crippen LogP contribution in [0, 0.1) is 17.0 Å². The number of nitro benzene ring substituents is 1. The van der Waals surface area contributed by atoms with Crippen molar-refractivity contribution in [3.8, 4) is 0 Å². The topological polar surface area (TPSA) is 133 Å². The standard InChI is InChI=1S/C19H20N2O8S/c1-4-29-19(23)14-8-7-10-15(13(14)2)20(12-18(22)28-3)30(26,27)17-11-6-5-9-16(17)21(24)25/h5-11H,4,12H2,1-3H3. The van der Waals surface area contributed by atoms with Gasteiger partial charge in [0.15, 0.2) is 4.90 Å². The van der Waals surface area contributed by atoms with Crippen LogP contribution in [0.2, 0.25) is 0 Å². The zero-order chi connectivity index (χ0) is 22.5. The summed E-state index contributed by atoms with van der Waals surface area (Å²) in [4.78, 5) is 34.1. The van der Waals surface area contributed by atoms with Gasteiger partial charge in [-0.1, -0.05) is 18.2 Å². The summed E-state index contributed by atoms with van der Waals surface area (Å²) in [5.74, 6) is -1.56. The number of hydrogen-bond acceptors (Lipinski definition) is 8. The molecule has 0 aliphatic carbocycles. The van der Waals surface area contributed by atoms with Crippen LogP contribution in [0.1, 0.15) is 22.8 Å². The lowest BCUT2D eigenvalue weighted by Gasteiger charge is -2.25. The van der Waals surface area contributed by atoms with E-state index >= 15 is 0 Å². The van der Waals surface area contributed by atoms with Crippen LogP contribution in [0.4, 0.5) is 11.4 Å². The van der Waals surface area contributed by atoms with Gasteiger partial charge in [0, 0.05) is 6.07 Å². The fourth-order valence-corrected chi connectivity index (χ4v) is 4.38. The van der Waals surface area contributed by atoms with Gasteiger partial charge < -0.3 is 9.47 Å². The first-order chi connectivity index (χ1) is 14.1. The molecule has 0 spiro atoms. The molecule has 0 unspecified atom stereocenters. The number of nitro groups is 1. The third-order valence-corrected chi connectivity index (χ3v) is 6.01. The molecule has 0 atom stereocenters. The molecule has 0 N–H and O–H groups in total. The molecule has 0 aliphatic heterocycles. The van der Waals surface area contributed by atoms with E-state index in [1.165, 1.54) is 37.3 Å². The summed E-state index contributed by atoms with van der Waals surface area (Å²) in [6.07, 6.45) is 0. The number of carbonyl (C=O) groups excluding carboxylic acids is 2. The van der Waals surface area contributed by atoms with Crippen LogP contribution >= 0.6 is 0 Å². The Balaban J connectivity index is 2.72. The predicted octanol–water partition coefficient (Wildman–Crippen LogP) is 2.45. The Labute approximate surface area is 173 Å². The fourth-order valence-electron chi connectivity index (χ4n) is 2.75. The normalized spacial score (nSPS) is 10.9. The summed E-state index contributed by atoms with van der Waals surface area (Å²) in [5, 5.41) is 11.4. The summed E-state index contributed by atoms with van der Waals surface area (Å²) >= 11 is 0. The number of nitrogens with zero attached hydrogens (tertiary/aromatic N) is 2. The predicted molar refractivity (Wildman–Crippen MR) is 107 cm³/mol. The van der Waals surface area contributed by atoms with E-state index in [0.29, 0.717) is 4.31 Å². The SMILES string of the molecule is CCOC(=O)c1cccc(N(CC(=O)OC)S(=O)(=O)c2ccccc2[N+](=O)[O-])c1C. The average molecular weight is 436 g/mol. The van der Waals surface area contributed by atoms with Gasteiger partial charge in [0.1, 0.15) is 6.54 Å². The van der Waals surface area contributed by atoms with Crippen molar-refractivity contribution in [3.63, 3.8) is 0 Å². The highest BCUT2D eigenvalue weighted by Crippen LogP contribution is 2.32. The van der Waals surface area contributed by atoms with Crippen LogP contribution in [0.15, 0.2) is 47.4 Å². The maximum absolute atomic E-state index is 13.4. The third kappa shape index (κ3) is 4.57. The van der Waals surface area contributed by atoms with Crippen molar-refractivity contribution in [2.45, 2.75) is 18.7 Å². The summed E-state index contributed by atoms with van der Waals surface area (Å²) in [7, 11) is -3.49. The van der Waals surface area contributed by atoms with Gasteiger partial charge in [0.2, 0.25) is 0 Å². The van der Waals surface area contributed by atoms with E-state index in [4.69, 9.17) is 4.74 Å². The number of benzene rings is 2. The molecule has 2 rings (SSSR count). The van der Waals surface area contributed by atoms with E-state index in [-0.39, 0.29) is 23.4 Å². The van der Waals surface area contributed by atoms with Crippen molar-refractivity contribution in [2.24, 2.45) is 0 Å². The number of anilines is 1. The van der Waals surface area contributed by atoms with E-state index in [1.807, 2.05) is 0 Å². The van der Waals surface area contributed by atoms with E-state index < -0.39 is 44.0 Å². The summed E-state index contributed by atoms with van der Waals surface area (Å²) in [5.41, 5.74) is -0.334. The first-order valence-electron chi connectivity index (χ1n) is 8.74. The molecule has 0 saturated carbocycles. The van der Waals surface area contributed by atoms with Crippen molar-refractivity contribution in [2.75, 3.05) is 24.6 Å². The van der Waals surface area contributed by atoms with Gasteiger partial charge in [0.05, 0.1) is 29.9 Å². The minimum atomic E-state index is -4.57. The van der Waals surface area contributed by atoms with Crippen molar-refractivity contribution < 1.29 is 32.4 Å². The second-order valence-electron chi connectivity index (χ2n) is 5.98. The number of sulfonamides is 1. The first-order valence-corrected chi connectivity index (χ1v) is 10.2. The van der Waals surface area contributed by atoms with Gasteiger partial charge in [-0.05, 0) is 37.6 Å². The highest BCUT2D eigenvalue weighted by Gasteiger charge is 2.34. The van der Waals surface area contributed by atoms with E-state index in [2.05, 4.69) is 4.74 Å². The van der Waals surface area contributed by atoms with Gasteiger partial charge in [-0.3, -0.25) is 19.2 Å². The van der Waals surface area contributed by atoms with Gasteiger partial charge in [-0.2, -0.15) is 0 Å². The summed E-state index contributed by atoms with van der Waals surface area (Å²) < 4.78 is 37.0. The molecule has 2 aromatic carbocycles. The van der Waals surface area contributed by atoms with Gasteiger partial charge in [-0.15, -0.1) is 0 Å². The first kappa shape index (κ1) is 22.8. The largest absolute Gasteiger partial charge is 0.468 e. The lowest BCUT2D eigenvalue weighted by Crippen LogP contribution is -2.37. The van der Waals surface area contributed by atoms with Crippen LogP contribution in [0.5, 0.6) is 0 Å². The Morgan fingerprint density at radius 1 is 1.13 bits per heavy atom. The molecule has 0 saturated heterocycles. The molecule has 0 bridgehead atoms. The maximum atomic E-state index is 13.4. The Morgan fingerprint density at radius 2 is 1.80 bits per heavy atom. The van der Waals surface area contributed by atoms with Crippen molar-refractivity contribution in [3.05, 3.63) is 63.7 Å². The number of hydrogen-bond donors (Lipinski definition) is 0. The molecule has 160 valence electrons. The maximum Gasteiger partial charge on any atom is 0.338 e. The van der Waals surface area contributed by atoms with Crippen LogP contribution < -0.4 is 4.31 Å². The van der Waals surface area contributed by atoms with Crippen LogP contribution in [0.3, 0.4) is 0 Å². The summed E-state index contributed by atoms with van der Waals surface area (Å²) in [6.45, 7) is 2.47. The highest BCUT2D eigenvalue weighted by molar-refractivity contribution is 7.93. The molecule has 0 radical (unpaired) electrons. The van der Waals surface area contributed by atoms with Crippen LogP contribution in [-0.4, -0.2) is 45.5 Å². The van der Waals surface area contributed by atoms with Crippen molar-refractivity contribution in [1.29, 1.82) is 0 Å². The zero-order valence-corrected chi connectivity index (χ0v) is 17.3. The van der Waals surface area contributed by atoms with Crippen molar-refractivity contribution in [1.82, 2.24) is 0 Å². The van der Waals surface area contributed by atoms with Crippen molar-refractivity contribution >= 4 is 33.3 Å². The number of ether oxygens (including phenoxy) is 2. The van der Waals surface area contributed by atoms with Crippen LogP contribution in [-0.2, 0) is 24.3 Å². The molecular formula is C19H20N2O8S. The Bertz CT molecular complexity index is 1080. The number of esters is 2. The number of para-hydroxylation sites is 1. The quantitative estimate of drug-likeness (QED) is 0.350. The number of rotatable bonds is 8. The Kier molecular flexibility index (Phi) is 7.11. The lowest BCUT2D eigenvalue weighted by molar-refractivity contribution is -0.387. The van der Waals surface area contributed by atoms with Crippen LogP contribution in [0.25, 0.3) is 0 Å². The third-order valence-electron chi connectivity index (χ3n) is 4.20. The molecule has 0 aliphatic rings. The molecule has 11 heteroatoms. The Hall–Kier alpha value is -3.47. The van der Waals surface area contributed by atoms with E-state index in [0.717, 1.165) is 19.2 Å². The molecule has 0 heterocycles. The molecular weight excluding hydrogens is 416 g/mol. The average Bonchev–Trinajstić information content (AvgIpc) is 2.72. The molecule has 10 nitrogen and oxygen atoms in total. The molecule has 0 amide bonds. The number of carbonyl (C=O) groups is 2. The molecule has 30 heavy (non-hydrogen) atoms. The second kappa shape index (κ2) is 9.35. The number of methoxy groups -OCH3 is 1. The lowest BCUT2D eigenvalue weighted by atomic mass is 10.1. The minimum Gasteiger partial charge on any atom is -0.468 e. The zero-order valence-electron chi connectivity index (χ0n) is 16.5. The fraction of sp³-hybridized carbons (Fsp3) is 0.263. The molecule has 0 fully saturated rings.